The van der Waals surface area contributed by atoms with E-state index in [-0.39, 0.29) is 11.8 Å². The number of rotatable bonds is 5. The number of carbonyl (C=O) groups excluding carboxylic acids is 1. The van der Waals surface area contributed by atoms with Crippen molar-refractivity contribution in [3.8, 4) is 22.9 Å². The number of H-pyrrole nitrogens is 1. The summed E-state index contributed by atoms with van der Waals surface area (Å²) in [6.45, 7) is 1.84. The number of hydrogen-bond acceptors (Lipinski definition) is 8. The molecule has 11 heteroatoms. The molecule has 2 N–H and O–H groups in total. The molecule has 1 aromatic carbocycles. The number of fused-ring (bicyclic) bond motifs is 1. The summed E-state index contributed by atoms with van der Waals surface area (Å²) in [4.78, 5) is 24.9. The van der Waals surface area contributed by atoms with E-state index in [0.29, 0.717) is 28.7 Å². The Morgan fingerprint density at radius 1 is 1.18 bits per heavy atom. The van der Waals surface area contributed by atoms with Gasteiger partial charge in [-0.1, -0.05) is 0 Å². The average Bonchev–Trinajstić information content (AvgIpc) is 3.35. The van der Waals surface area contributed by atoms with Crippen molar-refractivity contribution < 1.29 is 14.3 Å². The largest absolute Gasteiger partial charge is 0.497 e. The van der Waals surface area contributed by atoms with Crippen molar-refractivity contribution in [3.63, 3.8) is 0 Å². The third kappa shape index (κ3) is 3.09. The Kier molecular flexibility index (Phi) is 4.32. The number of aromatic nitrogens is 7. The molecular formula is C17H16N8O3. The second-order valence-corrected chi connectivity index (χ2v) is 5.76. The zero-order valence-electron chi connectivity index (χ0n) is 15.3. The zero-order chi connectivity index (χ0) is 19.7. The van der Waals surface area contributed by atoms with Gasteiger partial charge in [0.2, 0.25) is 11.8 Å². The molecule has 4 rings (SSSR count). The van der Waals surface area contributed by atoms with Crippen molar-refractivity contribution in [2.24, 2.45) is 0 Å². The van der Waals surface area contributed by atoms with Gasteiger partial charge in [0.25, 0.3) is 11.7 Å². The molecule has 11 nitrogen and oxygen atoms in total. The van der Waals surface area contributed by atoms with E-state index in [4.69, 9.17) is 9.47 Å². The monoisotopic (exact) mass is 380 g/mol. The van der Waals surface area contributed by atoms with Gasteiger partial charge in [-0.3, -0.25) is 15.2 Å². The first-order valence-corrected chi connectivity index (χ1v) is 8.23. The molecule has 0 unspecified atom stereocenters. The highest BCUT2D eigenvalue weighted by Crippen LogP contribution is 2.31. The maximum absolute atomic E-state index is 12.4. The first-order chi connectivity index (χ1) is 13.6. The van der Waals surface area contributed by atoms with Gasteiger partial charge in [0.05, 0.1) is 19.8 Å². The van der Waals surface area contributed by atoms with Crippen LogP contribution in [0.15, 0.2) is 30.5 Å². The lowest BCUT2D eigenvalue weighted by atomic mass is 10.2. The Labute approximate surface area is 158 Å². The number of benzene rings is 1. The summed E-state index contributed by atoms with van der Waals surface area (Å²) in [6, 6.07) is 7.05. The molecule has 1 amide bonds. The van der Waals surface area contributed by atoms with Crippen LogP contribution in [0.5, 0.6) is 11.5 Å². The van der Waals surface area contributed by atoms with Crippen LogP contribution in [-0.4, -0.2) is 54.9 Å². The van der Waals surface area contributed by atoms with Crippen LogP contribution in [0.3, 0.4) is 0 Å². The molecule has 142 valence electrons. The van der Waals surface area contributed by atoms with Crippen LogP contribution in [0.4, 0.5) is 5.95 Å². The molecule has 0 aliphatic rings. The van der Waals surface area contributed by atoms with Crippen LogP contribution < -0.4 is 14.8 Å². The maximum Gasteiger partial charge on any atom is 0.297 e. The standard InChI is InChI=1S/C17H16N8O3/c1-9-6-7-18-17-20-14(24-25(9)17)15(26)21-16-19-13(22-23-16)11-5-4-10(27-2)8-12(11)28-3/h4-8H,1-3H3,(H2,19,21,22,23,26). The van der Waals surface area contributed by atoms with Gasteiger partial charge < -0.3 is 9.47 Å². The van der Waals surface area contributed by atoms with Gasteiger partial charge >= 0.3 is 0 Å². The normalized spacial score (nSPS) is 10.8. The number of carbonyl (C=O) groups is 1. The molecule has 0 atom stereocenters. The fraction of sp³-hybridized carbons (Fsp3) is 0.176. The topological polar surface area (TPSA) is 132 Å². The molecule has 0 bridgehead atoms. The van der Waals surface area contributed by atoms with E-state index in [1.54, 1.807) is 44.7 Å². The molecule has 4 aromatic rings. The minimum Gasteiger partial charge on any atom is -0.497 e. The number of hydrogen-bond donors (Lipinski definition) is 2. The molecule has 0 fully saturated rings. The molecule has 3 aromatic heterocycles. The van der Waals surface area contributed by atoms with Crippen molar-refractivity contribution in [2.75, 3.05) is 19.5 Å². The lowest BCUT2D eigenvalue weighted by molar-refractivity contribution is 0.101. The second kappa shape index (κ2) is 6.95. The predicted octanol–water partition coefficient (Wildman–Crippen LogP) is 1.49. The van der Waals surface area contributed by atoms with Crippen LogP contribution in [0.1, 0.15) is 16.3 Å². The van der Waals surface area contributed by atoms with E-state index < -0.39 is 5.91 Å². The summed E-state index contributed by atoms with van der Waals surface area (Å²) in [6.07, 6.45) is 1.60. The molecule has 0 saturated heterocycles. The number of anilines is 1. The van der Waals surface area contributed by atoms with Crippen molar-refractivity contribution in [2.45, 2.75) is 6.92 Å². The van der Waals surface area contributed by atoms with Gasteiger partial charge in [0.1, 0.15) is 11.5 Å². The number of nitrogens with zero attached hydrogens (tertiary/aromatic N) is 6. The van der Waals surface area contributed by atoms with E-state index in [9.17, 15) is 4.79 Å². The summed E-state index contributed by atoms with van der Waals surface area (Å²) in [5, 5.41) is 13.5. The average molecular weight is 380 g/mol. The van der Waals surface area contributed by atoms with E-state index in [1.807, 2.05) is 6.92 Å². The van der Waals surface area contributed by atoms with Gasteiger partial charge in [-0.15, -0.1) is 10.2 Å². The highest BCUT2D eigenvalue weighted by Gasteiger charge is 2.18. The molecule has 0 saturated carbocycles. The second-order valence-electron chi connectivity index (χ2n) is 5.76. The molecule has 0 aliphatic carbocycles. The number of ether oxygens (including phenoxy) is 2. The Balaban J connectivity index is 1.58. The number of aromatic amines is 1. The van der Waals surface area contributed by atoms with Crippen molar-refractivity contribution in [1.82, 2.24) is 34.8 Å². The summed E-state index contributed by atoms with van der Waals surface area (Å²) in [5.41, 5.74) is 1.48. The third-order valence-electron chi connectivity index (χ3n) is 4.01. The first-order valence-electron chi connectivity index (χ1n) is 8.23. The summed E-state index contributed by atoms with van der Waals surface area (Å²) < 4.78 is 12.0. The summed E-state index contributed by atoms with van der Waals surface area (Å²) in [7, 11) is 3.11. The number of aryl methyl sites for hydroxylation is 1. The maximum atomic E-state index is 12.4. The third-order valence-corrected chi connectivity index (χ3v) is 4.01. The molecular weight excluding hydrogens is 364 g/mol. The van der Waals surface area contributed by atoms with Gasteiger partial charge in [-0.05, 0) is 25.1 Å². The molecule has 0 aliphatic heterocycles. The van der Waals surface area contributed by atoms with Crippen LogP contribution in [-0.2, 0) is 0 Å². The van der Waals surface area contributed by atoms with Gasteiger partial charge in [0, 0.05) is 18.0 Å². The predicted molar refractivity (Wildman–Crippen MR) is 98.4 cm³/mol. The highest BCUT2D eigenvalue weighted by molar-refractivity contribution is 6.00. The Morgan fingerprint density at radius 3 is 2.79 bits per heavy atom. The Morgan fingerprint density at radius 2 is 2.04 bits per heavy atom. The fourth-order valence-corrected chi connectivity index (χ4v) is 2.59. The van der Waals surface area contributed by atoms with Gasteiger partial charge in [-0.2, -0.15) is 9.97 Å². The lowest BCUT2D eigenvalue weighted by Crippen LogP contribution is -2.15. The van der Waals surface area contributed by atoms with Gasteiger partial charge in [-0.25, -0.2) is 9.50 Å². The quantitative estimate of drug-likeness (QED) is 0.532. The fourth-order valence-electron chi connectivity index (χ4n) is 2.59. The van der Waals surface area contributed by atoms with Crippen LogP contribution in [0, 0.1) is 6.92 Å². The molecule has 28 heavy (non-hydrogen) atoms. The minimum absolute atomic E-state index is 0.0322. The minimum atomic E-state index is -0.544. The SMILES string of the molecule is COc1ccc(-c2nc(NC(=O)c3nc4nccc(C)n4n3)n[nH]2)c(OC)c1. The number of methoxy groups -OCH3 is 2. The van der Waals surface area contributed by atoms with E-state index >= 15 is 0 Å². The number of nitrogens with one attached hydrogen (secondary N) is 2. The van der Waals surface area contributed by atoms with E-state index in [0.717, 1.165) is 5.69 Å². The molecule has 0 radical (unpaired) electrons. The molecule has 0 spiro atoms. The zero-order valence-corrected chi connectivity index (χ0v) is 15.3. The van der Waals surface area contributed by atoms with E-state index in [2.05, 4.69) is 35.6 Å². The van der Waals surface area contributed by atoms with Crippen LogP contribution >= 0.6 is 0 Å². The van der Waals surface area contributed by atoms with Crippen molar-refractivity contribution in [3.05, 3.63) is 42.0 Å². The number of amides is 1. The summed E-state index contributed by atoms with van der Waals surface area (Å²) >= 11 is 0. The molecule has 3 heterocycles. The van der Waals surface area contributed by atoms with Crippen molar-refractivity contribution >= 4 is 17.6 Å². The van der Waals surface area contributed by atoms with E-state index in [1.165, 1.54) is 4.52 Å². The Bertz CT molecular complexity index is 1170. The smallest absolute Gasteiger partial charge is 0.297 e. The Hall–Kier alpha value is -4.02. The first kappa shape index (κ1) is 17.4. The summed E-state index contributed by atoms with van der Waals surface area (Å²) in [5.74, 6) is 1.47. The van der Waals surface area contributed by atoms with Crippen LogP contribution in [0.25, 0.3) is 17.2 Å². The highest BCUT2D eigenvalue weighted by atomic mass is 16.5. The lowest BCUT2D eigenvalue weighted by Gasteiger charge is -2.07. The van der Waals surface area contributed by atoms with Gasteiger partial charge in [0.15, 0.2) is 5.82 Å². The van der Waals surface area contributed by atoms with Crippen LogP contribution in [0.2, 0.25) is 0 Å². The van der Waals surface area contributed by atoms with Crippen molar-refractivity contribution in [1.29, 1.82) is 0 Å².